The third-order valence-corrected chi connectivity index (χ3v) is 5.61. The number of nitrogens with zero attached hydrogens (tertiary/aromatic N) is 4. The van der Waals surface area contributed by atoms with Crippen LogP contribution in [-0.4, -0.2) is 50.3 Å². The second-order valence-corrected chi connectivity index (χ2v) is 8.03. The van der Waals surface area contributed by atoms with Crippen LogP contribution in [0.15, 0.2) is 48.7 Å². The highest BCUT2D eigenvalue weighted by molar-refractivity contribution is 5.88. The molecule has 2 aromatic carbocycles. The summed E-state index contributed by atoms with van der Waals surface area (Å²) in [6.45, 7) is 1.51. The first-order valence-corrected chi connectivity index (χ1v) is 10.3. The molecular formula is C23H18F3N5O3. The lowest BCUT2D eigenvalue weighted by Crippen LogP contribution is -2.40. The highest BCUT2D eigenvalue weighted by atomic mass is 19.4. The van der Waals surface area contributed by atoms with Gasteiger partial charge in [-0.3, -0.25) is 4.68 Å². The summed E-state index contributed by atoms with van der Waals surface area (Å²) in [4.78, 5) is 11.7. The number of hydrogen-bond acceptors (Lipinski definition) is 7. The van der Waals surface area contributed by atoms with Crippen molar-refractivity contribution in [2.24, 2.45) is 7.05 Å². The van der Waals surface area contributed by atoms with E-state index in [2.05, 4.69) is 20.6 Å². The van der Waals surface area contributed by atoms with Gasteiger partial charge in [0.2, 0.25) is 0 Å². The SMILES string of the molecule is Cn1cc2cc(-c3cc(O)c(-c4ccc(C5CNC5)nn4)c(OC(=O)C(F)(F)F)c3)ccc2n1. The molecule has 1 saturated heterocycles. The maximum atomic E-state index is 13.0. The van der Waals surface area contributed by atoms with Crippen LogP contribution >= 0.6 is 0 Å². The van der Waals surface area contributed by atoms with Crippen molar-refractivity contribution in [3.63, 3.8) is 0 Å². The Morgan fingerprint density at radius 1 is 1.12 bits per heavy atom. The van der Waals surface area contributed by atoms with Crippen molar-refractivity contribution in [1.29, 1.82) is 0 Å². The van der Waals surface area contributed by atoms with Crippen molar-refractivity contribution in [2.75, 3.05) is 13.1 Å². The van der Waals surface area contributed by atoms with Gasteiger partial charge in [-0.25, -0.2) is 4.79 Å². The van der Waals surface area contributed by atoms with Crippen LogP contribution in [-0.2, 0) is 11.8 Å². The minimum Gasteiger partial charge on any atom is -0.507 e. The van der Waals surface area contributed by atoms with E-state index >= 15 is 0 Å². The number of carbonyl (C=O) groups excluding carboxylic acids is 1. The van der Waals surface area contributed by atoms with Gasteiger partial charge in [-0.2, -0.15) is 23.4 Å². The van der Waals surface area contributed by atoms with E-state index in [9.17, 15) is 23.1 Å². The number of alkyl halides is 3. The average Bonchev–Trinajstić information content (AvgIpc) is 3.11. The number of hydrogen-bond donors (Lipinski definition) is 2. The highest BCUT2D eigenvalue weighted by Crippen LogP contribution is 2.42. The van der Waals surface area contributed by atoms with Crippen LogP contribution in [0.25, 0.3) is 33.3 Å². The second-order valence-electron chi connectivity index (χ2n) is 8.03. The summed E-state index contributed by atoms with van der Waals surface area (Å²) in [5.41, 5.74) is 2.31. The number of phenols is 1. The topological polar surface area (TPSA) is 102 Å². The van der Waals surface area contributed by atoms with E-state index in [1.807, 2.05) is 0 Å². The van der Waals surface area contributed by atoms with Crippen molar-refractivity contribution in [3.8, 4) is 33.9 Å². The van der Waals surface area contributed by atoms with Crippen LogP contribution in [0.1, 0.15) is 11.6 Å². The quantitative estimate of drug-likeness (QED) is 0.348. The zero-order valence-corrected chi connectivity index (χ0v) is 17.8. The van der Waals surface area contributed by atoms with E-state index in [0.717, 1.165) is 29.7 Å². The molecule has 1 aliphatic heterocycles. The van der Waals surface area contributed by atoms with Gasteiger partial charge in [-0.1, -0.05) is 6.07 Å². The van der Waals surface area contributed by atoms with Crippen LogP contribution in [0.4, 0.5) is 13.2 Å². The molecule has 174 valence electrons. The fourth-order valence-corrected chi connectivity index (χ4v) is 3.78. The van der Waals surface area contributed by atoms with Gasteiger partial charge >= 0.3 is 12.1 Å². The molecule has 3 heterocycles. The normalized spacial score (nSPS) is 14.2. The number of esters is 1. The van der Waals surface area contributed by atoms with Crippen LogP contribution in [0.3, 0.4) is 0 Å². The van der Waals surface area contributed by atoms with Gasteiger partial charge in [0.15, 0.2) is 0 Å². The summed E-state index contributed by atoms with van der Waals surface area (Å²) in [5.74, 6) is -3.09. The number of aryl methyl sites for hydroxylation is 1. The summed E-state index contributed by atoms with van der Waals surface area (Å²) in [5, 5.41) is 27.2. The molecule has 0 saturated carbocycles. The first-order chi connectivity index (χ1) is 16.2. The first-order valence-electron chi connectivity index (χ1n) is 10.3. The molecule has 1 aliphatic rings. The summed E-state index contributed by atoms with van der Waals surface area (Å²) < 4.78 is 45.3. The molecule has 2 N–H and O–H groups in total. The van der Waals surface area contributed by atoms with E-state index in [1.165, 1.54) is 18.2 Å². The maximum absolute atomic E-state index is 13.0. The lowest BCUT2D eigenvalue weighted by molar-refractivity contribution is -0.189. The largest absolute Gasteiger partial charge is 0.507 e. The lowest BCUT2D eigenvalue weighted by Gasteiger charge is -2.26. The standard InChI is InChI=1S/C23H18F3N5O3/c1-31-11-14-6-12(2-3-17(14)30-31)13-7-19(32)21(20(8-13)34-22(33)23(24,25)26)18-5-4-16(28-29-18)15-9-27-10-15/h2-8,11,15,27,32H,9-10H2,1H3. The van der Waals surface area contributed by atoms with Crippen LogP contribution in [0.2, 0.25) is 0 Å². The van der Waals surface area contributed by atoms with E-state index in [-0.39, 0.29) is 17.2 Å². The zero-order chi connectivity index (χ0) is 24.0. The second kappa shape index (κ2) is 8.10. The molecular weight excluding hydrogens is 451 g/mol. The molecule has 0 bridgehead atoms. The predicted molar refractivity (Wildman–Crippen MR) is 116 cm³/mol. The summed E-state index contributed by atoms with van der Waals surface area (Å²) >= 11 is 0. The fraction of sp³-hybridized carbons (Fsp3) is 0.217. The van der Waals surface area contributed by atoms with E-state index in [1.54, 1.807) is 42.2 Å². The molecule has 11 heteroatoms. The predicted octanol–water partition coefficient (Wildman–Crippen LogP) is 3.56. The molecule has 0 atom stereocenters. The Hall–Kier alpha value is -3.99. The minimum absolute atomic E-state index is 0.0766. The Morgan fingerprint density at radius 3 is 2.56 bits per heavy atom. The van der Waals surface area contributed by atoms with Gasteiger partial charge in [-0.15, -0.1) is 5.10 Å². The molecule has 1 fully saturated rings. The van der Waals surface area contributed by atoms with E-state index < -0.39 is 23.6 Å². The highest BCUT2D eigenvalue weighted by Gasteiger charge is 2.42. The number of aromatic hydroxyl groups is 1. The monoisotopic (exact) mass is 469 g/mol. The molecule has 8 nitrogen and oxygen atoms in total. The number of benzene rings is 2. The molecule has 2 aromatic heterocycles. The molecule has 34 heavy (non-hydrogen) atoms. The number of nitrogens with one attached hydrogen (secondary N) is 1. The molecule has 0 unspecified atom stereocenters. The fourth-order valence-electron chi connectivity index (χ4n) is 3.78. The van der Waals surface area contributed by atoms with Crippen molar-refractivity contribution in [3.05, 3.63) is 54.4 Å². The number of halogens is 3. The maximum Gasteiger partial charge on any atom is 0.491 e. The number of ether oxygens (including phenoxy) is 1. The smallest absolute Gasteiger partial charge is 0.491 e. The Balaban J connectivity index is 1.60. The molecule has 0 aliphatic carbocycles. The Kier molecular flexibility index (Phi) is 5.20. The molecule has 4 aromatic rings. The van der Waals surface area contributed by atoms with Crippen molar-refractivity contribution in [1.82, 2.24) is 25.3 Å². The number of aromatic nitrogens is 4. The Bertz CT molecular complexity index is 1400. The van der Waals surface area contributed by atoms with E-state index in [0.29, 0.717) is 11.1 Å². The third-order valence-electron chi connectivity index (χ3n) is 5.61. The number of rotatable bonds is 4. The summed E-state index contributed by atoms with van der Waals surface area (Å²) in [6.07, 6.45) is -3.43. The van der Waals surface area contributed by atoms with Gasteiger partial charge in [0.1, 0.15) is 17.2 Å². The number of fused-ring (bicyclic) bond motifs is 1. The van der Waals surface area contributed by atoms with Gasteiger partial charge < -0.3 is 15.2 Å². The van der Waals surface area contributed by atoms with Gasteiger partial charge in [0.05, 0.1) is 16.8 Å². The Labute approximate surface area is 191 Å². The van der Waals surface area contributed by atoms with Crippen molar-refractivity contribution in [2.45, 2.75) is 12.1 Å². The zero-order valence-electron chi connectivity index (χ0n) is 17.8. The Morgan fingerprint density at radius 2 is 1.91 bits per heavy atom. The average molecular weight is 469 g/mol. The van der Waals surface area contributed by atoms with Crippen molar-refractivity contribution >= 4 is 16.9 Å². The van der Waals surface area contributed by atoms with Gasteiger partial charge in [0, 0.05) is 37.6 Å². The molecule has 0 radical (unpaired) electrons. The number of carbonyl (C=O) groups is 1. The van der Waals surface area contributed by atoms with E-state index in [4.69, 9.17) is 4.74 Å². The first kappa shape index (κ1) is 21.8. The van der Waals surface area contributed by atoms with Gasteiger partial charge in [-0.05, 0) is 47.5 Å². The molecule has 0 amide bonds. The van der Waals surface area contributed by atoms with Crippen LogP contribution in [0.5, 0.6) is 11.5 Å². The minimum atomic E-state index is -5.22. The van der Waals surface area contributed by atoms with Crippen LogP contribution < -0.4 is 10.1 Å². The molecule has 0 spiro atoms. The summed E-state index contributed by atoms with van der Waals surface area (Å²) in [6, 6.07) is 11.1. The number of phenolic OH excluding ortho intramolecular Hbond substituents is 1. The third kappa shape index (κ3) is 4.05. The summed E-state index contributed by atoms with van der Waals surface area (Å²) in [7, 11) is 1.77. The molecule has 5 rings (SSSR count). The van der Waals surface area contributed by atoms with Gasteiger partial charge in [0.25, 0.3) is 0 Å². The van der Waals surface area contributed by atoms with Crippen LogP contribution in [0, 0.1) is 0 Å². The lowest BCUT2D eigenvalue weighted by atomic mass is 9.97. The van der Waals surface area contributed by atoms with Crippen molar-refractivity contribution < 1.29 is 27.8 Å².